The topological polar surface area (TPSA) is 67.9 Å². The first kappa shape index (κ1) is 29.3. The van der Waals surface area contributed by atoms with E-state index in [-0.39, 0.29) is 25.6 Å². The molecular formula is C31H27Cl3N2O4. The van der Waals surface area contributed by atoms with Crippen LogP contribution >= 0.6 is 34.8 Å². The van der Waals surface area contributed by atoms with Gasteiger partial charge in [-0.15, -0.1) is 0 Å². The van der Waals surface area contributed by atoms with Gasteiger partial charge in [-0.2, -0.15) is 0 Å². The summed E-state index contributed by atoms with van der Waals surface area (Å²) in [5, 5.41) is 4.25. The molecule has 40 heavy (non-hydrogen) atoms. The number of methoxy groups -OCH3 is 1. The van der Waals surface area contributed by atoms with Crippen LogP contribution < -0.4 is 14.8 Å². The van der Waals surface area contributed by atoms with Crippen molar-refractivity contribution in [3.63, 3.8) is 0 Å². The summed E-state index contributed by atoms with van der Waals surface area (Å²) in [6.45, 7) is -0.0260. The Morgan fingerprint density at radius 3 is 2.23 bits per heavy atom. The van der Waals surface area contributed by atoms with E-state index in [4.69, 9.17) is 44.3 Å². The third-order valence-corrected chi connectivity index (χ3v) is 7.06. The zero-order chi connectivity index (χ0) is 28.5. The highest BCUT2D eigenvalue weighted by atomic mass is 35.5. The van der Waals surface area contributed by atoms with Crippen LogP contribution in [0.25, 0.3) is 0 Å². The Morgan fingerprint density at radius 1 is 0.850 bits per heavy atom. The van der Waals surface area contributed by atoms with Crippen LogP contribution in [-0.2, 0) is 22.7 Å². The summed E-state index contributed by atoms with van der Waals surface area (Å²) in [5.74, 6) is 0.280. The number of nitrogens with one attached hydrogen (secondary N) is 1. The molecule has 0 heterocycles. The normalized spacial score (nSPS) is 11.4. The van der Waals surface area contributed by atoms with Crippen LogP contribution in [0.1, 0.15) is 22.7 Å². The summed E-state index contributed by atoms with van der Waals surface area (Å²) < 4.78 is 11.0. The SMILES string of the molecule is COc1ccc(CN(C(=O)COc2ccccc2Cl)[C@@H](C(=O)NCc2ccc(Cl)cc2Cl)c2ccccc2)cc1. The molecule has 4 aromatic rings. The van der Waals surface area contributed by atoms with Gasteiger partial charge in [-0.05, 0) is 53.1 Å². The molecule has 0 fully saturated rings. The number of carbonyl (C=O) groups excluding carboxylic acids is 2. The maximum atomic E-state index is 13.8. The number of rotatable bonds is 11. The fourth-order valence-corrected chi connectivity index (χ4v) is 4.75. The van der Waals surface area contributed by atoms with Crippen molar-refractivity contribution in [1.29, 1.82) is 0 Å². The van der Waals surface area contributed by atoms with Crippen LogP contribution in [0, 0.1) is 0 Å². The molecule has 4 aromatic carbocycles. The van der Waals surface area contributed by atoms with Crippen molar-refractivity contribution in [3.05, 3.63) is 129 Å². The Balaban J connectivity index is 1.65. The number of para-hydroxylation sites is 1. The summed E-state index contributed by atoms with van der Waals surface area (Å²) >= 11 is 18.6. The molecule has 0 saturated heterocycles. The van der Waals surface area contributed by atoms with Crippen LogP contribution in [0.4, 0.5) is 0 Å². The zero-order valence-electron chi connectivity index (χ0n) is 21.7. The second-order valence-corrected chi connectivity index (χ2v) is 10.1. The van der Waals surface area contributed by atoms with Gasteiger partial charge < -0.3 is 19.7 Å². The summed E-state index contributed by atoms with van der Waals surface area (Å²) in [4.78, 5) is 29.1. The number of benzene rings is 4. The van der Waals surface area contributed by atoms with Crippen molar-refractivity contribution in [3.8, 4) is 11.5 Å². The molecule has 206 valence electrons. The first-order chi connectivity index (χ1) is 19.4. The number of nitrogens with zero attached hydrogens (tertiary/aromatic N) is 1. The summed E-state index contributed by atoms with van der Waals surface area (Å²) in [6, 6.07) is 27.4. The minimum atomic E-state index is -0.961. The maximum Gasteiger partial charge on any atom is 0.261 e. The van der Waals surface area contributed by atoms with E-state index in [1.165, 1.54) is 4.90 Å². The lowest BCUT2D eigenvalue weighted by molar-refractivity contribution is -0.143. The average molecular weight is 598 g/mol. The molecule has 0 aliphatic rings. The molecule has 0 aromatic heterocycles. The van der Waals surface area contributed by atoms with Gasteiger partial charge in [0, 0.05) is 23.1 Å². The third kappa shape index (κ3) is 7.69. The van der Waals surface area contributed by atoms with E-state index in [1.807, 2.05) is 42.5 Å². The Morgan fingerprint density at radius 2 is 1.55 bits per heavy atom. The Bertz CT molecular complexity index is 1450. The van der Waals surface area contributed by atoms with E-state index in [9.17, 15) is 9.59 Å². The van der Waals surface area contributed by atoms with Crippen LogP contribution in [0.3, 0.4) is 0 Å². The van der Waals surface area contributed by atoms with Crippen molar-refractivity contribution in [2.75, 3.05) is 13.7 Å². The quantitative estimate of drug-likeness (QED) is 0.200. The van der Waals surface area contributed by atoms with Crippen LogP contribution in [0.5, 0.6) is 11.5 Å². The Kier molecular flexibility index (Phi) is 10.3. The largest absolute Gasteiger partial charge is 0.497 e. The highest BCUT2D eigenvalue weighted by Gasteiger charge is 2.32. The fraction of sp³-hybridized carbons (Fsp3) is 0.161. The van der Waals surface area contributed by atoms with Gasteiger partial charge in [-0.25, -0.2) is 0 Å². The highest BCUT2D eigenvalue weighted by Crippen LogP contribution is 2.27. The molecule has 0 bridgehead atoms. The van der Waals surface area contributed by atoms with Gasteiger partial charge in [-0.3, -0.25) is 9.59 Å². The zero-order valence-corrected chi connectivity index (χ0v) is 23.9. The number of hydrogen-bond donors (Lipinski definition) is 1. The maximum absolute atomic E-state index is 13.8. The van der Waals surface area contributed by atoms with Crippen molar-refractivity contribution in [1.82, 2.24) is 10.2 Å². The molecule has 1 atom stereocenters. The highest BCUT2D eigenvalue weighted by molar-refractivity contribution is 6.35. The molecule has 0 unspecified atom stereocenters. The van der Waals surface area contributed by atoms with Gasteiger partial charge in [-0.1, -0.05) is 95.5 Å². The predicted molar refractivity (Wildman–Crippen MR) is 158 cm³/mol. The average Bonchev–Trinajstić information content (AvgIpc) is 2.96. The fourth-order valence-electron chi connectivity index (χ4n) is 4.09. The number of ether oxygens (including phenoxy) is 2. The first-order valence-electron chi connectivity index (χ1n) is 12.4. The first-order valence-corrected chi connectivity index (χ1v) is 13.6. The molecular weight excluding hydrogens is 571 g/mol. The molecule has 0 saturated carbocycles. The summed E-state index contributed by atoms with van der Waals surface area (Å²) in [7, 11) is 1.58. The number of carbonyl (C=O) groups is 2. The lowest BCUT2D eigenvalue weighted by Gasteiger charge is -2.31. The van der Waals surface area contributed by atoms with Crippen molar-refractivity contribution in [2.24, 2.45) is 0 Å². The van der Waals surface area contributed by atoms with Crippen LogP contribution in [0.2, 0.25) is 15.1 Å². The Hall–Kier alpha value is -3.71. The summed E-state index contributed by atoms with van der Waals surface area (Å²) in [6.07, 6.45) is 0. The van der Waals surface area contributed by atoms with Crippen molar-refractivity contribution >= 4 is 46.6 Å². The number of hydrogen-bond acceptors (Lipinski definition) is 4. The van der Waals surface area contributed by atoms with Gasteiger partial charge in [0.05, 0.1) is 12.1 Å². The van der Waals surface area contributed by atoms with Gasteiger partial charge in [0.15, 0.2) is 6.61 Å². The van der Waals surface area contributed by atoms with E-state index in [1.54, 1.807) is 61.7 Å². The van der Waals surface area contributed by atoms with Gasteiger partial charge >= 0.3 is 0 Å². The van der Waals surface area contributed by atoms with E-state index in [0.29, 0.717) is 37.7 Å². The van der Waals surface area contributed by atoms with Gasteiger partial charge in [0.2, 0.25) is 5.91 Å². The third-order valence-electron chi connectivity index (χ3n) is 6.16. The number of halogens is 3. The molecule has 4 rings (SSSR count). The van der Waals surface area contributed by atoms with Gasteiger partial charge in [0.1, 0.15) is 17.5 Å². The second kappa shape index (κ2) is 14.1. The predicted octanol–water partition coefficient (Wildman–Crippen LogP) is 7.12. The standard InChI is InChI=1S/C31H27Cl3N2O4/c1-39-25-15-11-21(12-16-25)19-36(29(37)20-40-28-10-6-5-9-26(28)33)30(22-7-3-2-4-8-22)31(38)35-18-23-13-14-24(32)17-27(23)34/h2-17,30H,18-20H2,1H3,(H,35,38)/t30-/m1/s1. The molecule has 2 amide bonds. The van der Waals surface area contributed by atoms with Crippen molar-refractivity contribution in [2.45, 2.75) is 19.1 Å². The minimum absolute atomic E-state index is 0.142. The molecule has 0 aliphatic heterocycles. The molecule has 6 nitrogen and oxygen atoms in total. The monoisotopic (exact) mass is 596 g/mol. The van der Waals surface area contributed by atoms with E-state index in [2.05, 4.69) is 5.32 Å². The van der Waals surface area contributed by atoms with Crippen LogP contribution in [-0.4, -0.2) is 30.4 Å². The van der Waals surface area contributed by atoms with E-state index in [0.717, 1.165) is 5.56 Å². The van der Waals surface area contributed by atoms with Crippen molar-refractivity contribution < 1.29 is 19.1 Å². The lowest BCUT2D eigenvalue weighted by atomic mass is 10.0. The second-order valence-electron chi connectivity index (χ2n) is 8.86. The lowest BCUT2D eigenvalue weighted by Crippen LogP contribution is -2.45. The molecule has 9 heteroatoms. The number of amides is 2. The summed E-state index contributed by atoms with van der Waals surface area (Å²) in [5.41, 5.74) is 2.14. The minimum Gasteiger partial charge on any atom is -0.497 e. The molecule has 0 radical (unpaired) electrons. The van der Waals surface area contributed by atoms with Crippen LogP contribution in [0.15, 0.2) is 97.1 Å². The smallest absolute Gasteiger partial charge is 0.261 e. The van der Waals surface area contributed by atoms with Gasteiger partial charge in [0.25, 0.3) is 5.91 Å². The molecule has 0 spiro atoms. The van der Waals surface area contributed by atoms with E-state index < -0.39 is 11.9 Å². The molecule has 0 aliphatic carbocycles. The molecule has 1 N–H and O–H groups in total. The van der Waals surface area contributed by atoms with E-state index >= 15 is 0 Å². The Labute approximate surface area is 248 Å².